The third-order valence-electron chi connectivity index (χ3n) is 5.76. The highest BCUT2D eigenvalue weighted by atomic mass is 16.4. The molecule has 0 amide bonds. The zero-order valence-corrected chi connectivity index (χ0v) is 16.7. The Morgan fingerprint density at radius 2 is 1.68 bits per heavy atom. The van der Waals surface area contributed by atoms with Gasteiger partial charge in [0.1, 0.15) is 5.78 Å². The number of carboxylic acids is 1. The van der Waals surface area contributed by atoms with Gasteiger partial charge in [-0.3, -0.25) is 4.79 Å². The van der Waals surface area contributed by atoms with Crippen molar-refractivity contribution in [1.82, 2.24) is 0 Å². The van der Waals surface area contributed by atoms with Gasteiger partial charge < -0.3 is 10.2 Å². The van der Waals surface area contributed by atoms with E-state index in [1.54, 1.807) is 24.3 Å². The summed E-state index contributed by atoms with van der Waals surface area (Å²) in [4.78, 5) is 23.7. The zero-order chi connectivity index (χ0) is 20.7. The Bertz CT molecular complexity index is 963. The molecule has 0 unspecified atom stereocenters. The monoisotopic (exact) mass is 378 g/mol. The number of benzene rings is 2. The maximum Gasteiger partial charge on any atom is 0.335 e. The lowest BCUT2D eigenvalue weighted by atomic mass is 9.62. The molecule has 3 rings (SSSR count). The van der Waals surface area contributed by atoms with E-state index in [1.165, 1.54) is 0 Å². The van der Waals surface area contributed by atoms with Gasteiger partial charge >= 0.3 is 5.97 Å². The van der Waals surface area contributed by atoms with E-state index in [2.05, 4.69) is 13.8 Å². The number of hydrogen-bond donors (Lipinski definition) is 2. The molecule has 0 spiro atoms. The maximum atomic E-state index is 12.7. The standard InChI is InChI=1S/C24H26O4/c1-23(2)13-21(26)24(3,4)20-11-17(18(14-25)12-19(20)23)10-7-15-5-8-16(9-6-15)22(27)28/h5-12,25H,13-14H2,1-4H3,(H,27,28)/b10-7+. The largest absolute Gasteiger partial charge is 0.478 e. The number of hydrogen-bond acceptors (Lipinski definition) is 3. The summed E-state index contributed by atoms with van der Waals surface area (Å²) >= 11 is 0. The first-order chi connectivity index (χ1) is 13.1. The van der Waals surface area contributed by atoms with Gasteiger partial charge in [0, 0.05) is 11.8 Å². The number of fused-ring (bicyclic) bond motifs is 1. The van der Waals surface area contributed by atoms with E-state index in [9.17, 15) is 14.7 Å². The predicted molar refractivity (Wildman–Crippen MR) is 110 cm³/mol. The van der Waals surface area contributed by atoms with E-state index in [1.807, 2.05) is 38.1 Å². The minimum atomic E-state index is -0.956. The lowest BCUT2D eigenvalue weighted by molar-refractivity contribution is -0.125. The van der Waals surface area contributed by atoms with E-state index in [0.717, 1.165) is 27.8 Å². The summed E-state index contributed by atoms with van der Waals surface area (Å²) in [6.07, 6.45) is 4.28. The van der Waals surface area contributed by atoms with Gasteiger partial charge in [0.2, 0.25) is 0 Å². The van der Waals surface area contributed by atoms with Gasteiger partial charge in [-0.25, -0.2) is 4.79 Å². The van der Waals surface area contributed by atoms with Crippen molar-refractivity contribution < 1.29 is 19.8 Å². The lowest BCUT2D eigenvalue weighted by Crippen LogP contribution is -2.42. The molecule has 0 saturated heterocycles. The number of carboxylic acid groups (broad SMARTS) is 1. The summed E-state index contributed by atoms with van der Waals surface area (Å²) in [7, 11) is 0. The van der Waals surface area contributed by atoms with Crippen LogP contribution in [0.3, 0.4) is 0 Å². The first-order valence-corrected chi connectivity index (χ1v) is 9.40. The highest BCUT2D eigenvalue weighted by molar-refractivity contribution is 5.93. The van der Waals surface area contributed by atoms with E-state index < -0.39 is 11.4 Å². The lowest BCUT2D eigenvalue weighted by Gasteiger charge is -2.41. The van der Waals surface area contributed by atoms with Crippen LogP contribution in [0.15, 0.2) is 36.4 Å². The van der Waals surface area contributed by atoms with Gasteiger partial charge in [-0.1, -0.05) is 50.3 Å². The maximum absolute atomic E-state index is 12.7. The molecule has 0 atom stereocenters. The number of carbonyl (C=O) groups is 2. The van der Waals surface area contributed by atoms with Crippen LogP contribution in [0.1, 0.15) is 72.3 Å². The molecule has 0 aliphatic heterocycles. The second-order valence-corrected chi connectivity index (χ2v) is 8.62. The number of aliphatic hydroxyl groups is 1. The minimum absolute atomic E-state index is 0.0879. The molecule has 0 bridgehead atoms. The van der Waals surface area contributed by atoms with Crippen LogP contribution in [0.2, 0.25) is 0 Å². The molecule has 1 aliphatic rings. The average molecular weight is 378 g/mol. The highest BCUT2D eigenvalue weighted by Crippen LogP contribution is 2.45. The molecule has 2 aromatic rings. The fourth-order valence-electron chi connectivity index (χ4n) is 3.82. The van der Waals surface area contributed by atoms with Crippen molar-refractivity contribution in [2.75, 3.05) is 0 Å². The van der Waals surface area contributed by atoms with E-state index >= 15 is 0 Å². The molecule has 2 aromatic carbocycles. The van der Waals surface area contributed by atoms with Crippen molar-refractivity contribution in [2.45, 2.75) is 51.6 Å². The number of aromatic carboxylic acids is 1. The molecule has 0 aromatic heterocycles. The van der Waals surface area contributed by atoms with Gasteiger partial charge in [0.15, 0.2) is 0 Å². The quantitative estimate of drug-likeness (QED) is 0.764. The normalized spacial score (nSPS) is 17.5. The van der Waals surface area contributed by atoms with Crippen molar-refractivity contribution in [3.63, 3.8) is 0 Å². The fraction of sp³-hybridized carbons (Fsp3) is 0.333. The Morgan fingerprint density at radius 1 is 1.04 bits per heavy atom. The van der Waals surface area contributed by atoms with Crippen molar-refractivity contribution >= 4 is 23.9 Å². The molecular weight excluding hydrogens is 352 g/mol. The van der Waals surface area contributed by atoms with Crippen LogP contribution in [0, 0.1) is 0 Å². The molecule has 4 nitrogen and oxygen atoms in total. The van der Waals surface area contributed by atoms with Crippen molar-refractivity contribution in [2.24, 2.45) is 0 Å². The van der Waals surface area contributed by atoms with Crippen molar-refractivity contribution in [3.8, 4) is 0 Å². The first-order valence-electron chi connectivity index (χ1n) is 9.40. The number of rotatable bonds is 4. The molecule has 2 N–H and O–H groups in total. The molecule has 0 heterocycles. The summed E-state index contributed by atoms with van der Waals surface area (Å²) in [5, 5.41) is 18.9. The molecule has 0 saturated carbocycles. The fourth-order valence-corrected chi connectivity index (χ4v) is 3.82. The van der Waals surface area contributed by atoms with Crippen molar-refractivity contribution in [3.05, 3.63) is 69.8 Å². The van der Waals surface area contributed by atoms with Crippen LogP contribution in [0.5, 0.6) is 0 Å². The Kier molecular flexibility index (Phi) is 5.02. The first kappa shape index (κ1) is 20.0. The minimum Gasteiger partial charge on any atom is -0.478 e. The number of Topliss-reactive ketones (excluding diaryl/α,β-unsaturated/α-hetero) is 1. The van der Waals surface area contributed by atoms with Crippen LogP contribution < -0.4 is 0 Å². The summed E-state index contributed by atoms with van der Waals surface area (Å²) in [6.45, 7) is 7.97. The molecule has 146 valence electrons. The topological polar surface area (TPSA) is 74.6 Å². The van der Waals surface area contributed by atoms with Gasteiger partial charge in [-0.05, 0) is 59.2 Å². The number of ketones is 1. The van der Waals surface area contributed by atoms with Crippen LogP contribution >= 0.6 is 0 Å². The molecule has 0 radical (unpaired) electrons. The van der Waals surface area contributed by atoms with Crippen LogP contribution in [0.4, 0.5) is 0 Å². The zero-order valence-electron chi connectivity index (χ0n) is 16.7. The Labute approximate surface area is 165 Å². The second kappa shape index (κ2) is 7.02. The second-order valence-electron chi connectivity index (χ2n) is 8.62. The molecular formula is C24H26O4. The Hall–Kier alpha value is -2.72. The molecule has 0 fully saturated rings. The number of carbonyl (C=O) groups excluding carboxylic acids is 1. The third-order valence-corrected chi connectivity index (χ3v) is 5.76. The predicted octanol–water partition coefficient (Wildman–Crippen LogP) is 4.58. The van der Waals surface area contributed by atoms with Gasteiger partial charge in [-0.2, -0.15) is 0 Å². The SMILES string of the molecule is CC1(C)CC(=O)C(C)(C)c2cc(/C=C/c3ccc(C(=O)O)cc3)c(CO)cc21. The molecule has 1 aliphatic carbocycles. The van der Waals surface area contributed by atoms with E-state index in [0.29, 0.717) is 6.42 Å². The van der Waals surface area contributed by atoms with E-state index in [-0.39, 0.29) is 23.4 Å². The van der Waals surface area contributed by atoms with Gasteiger partial charge in [-0.15, -0.1) is 0 Å². The molecule has 4 heteroatoms. The summed E-state index contributed by atoms with van der Waals surface area (Å²) in [5.41, 5.74) is 4.07. The van der Waals surface area contributed by atoms with Crippen LogP contribution in [0.25, 0.3) is 12.2 Å². The van der Waals surface area contributed by atoms with Gasteiger partial charge in [0.25, 0.3) is 0 Å². The number of aliphatic hydroxyl groups excluding tert-OH is 1. The van der Waals surface area contributed by atoms with Gasteiger partial charge in [0.05, 0.1) is 12.2 Å². The average Bonchev–Trinajstić information content (AvgIpc) is 2.64. The summed E-state index contributed by atoms with van der Waals surface area (Å²) < 4.78 is 0. The summed E-state index contributed by atoms with van der Waals surface area (Å²) in [6, 6.07) is 10.7. The van der Waals surface area contributed by atoms with E-state index in [4.69, 9.17) is 5.11 Å². The van der Waals surface area contributed by atoms with Crippen LogP contribution in [-0.4, -0.2) is 22.0 Å². The Morgan fingerprint density at radius 3 is 2.25 bits per heavy atom. The van der Waals surface area contributed by atoms with Crippen LogP contribution in [-0.2, 0) is 22.2 Å². The molecule has 28 heavy (non-hydrogen) atoms. The smallest absolute Gasteiger partial charge is 0.335 e. The van der Waals surface area contributed by atoms with Crippen molar-refractivity contribution in [1.29, 1.82) is 0 Å². The third kappa shape index (κ3) is 3.52. The Balaban J connectivity index is 2.06. The highest BCUT2D eigenvalue weighted by Gasteiger charge is 2.43. The summed E-state index contributed by atoms with van der Waals surface area (Å²) in [5.74, 6) is -0.733.